The van der Waals surface area contributed by atoms with E-state index in [-0.39, 0.29) is 42.2 Å². The van der Waals surface area contributed by atoms with Gasteiger partial charge in [0.25, 0.3) is 0 Å². The summed E-state index contributed by atoms with van der Waals surface area (Å²) < 4.78 is 23.7. The molecule has 3 saturated heterocycles. The first-order valence-corrected chi connectivity index (χ1v) is 9.48. The molecule has 5 rings (SSSR count). The summed E-state index contributed by atoms with van der Waals surface area (Å²) in [6.07, 6.45) is 4.52. The van der Waals surface area contributed by atoms with Crippen LogP contribution in [0.4, 0.5) is 0 Å². The van der Waals surface area contributed by atoms with Crippen LogP contribution in [0.5, 0.6) is 0 Å². The molecule has 0 amide bonds. The molecule has 0 aromatic carbocycles. The number of aliphatic hydroxyl groups is 1. The maximum Gasteiger partial charge on any atom is 0.181 e. The first kappa shape index (κ1) is 16.5. The van der Waals surface area contributed by atoms with E-state index in [0.29, 0.717) is 12.5 Å². The number of fused-ring (bicyclic) bond motifs is 4. The van der Waals surface area contributed by atoms with E-state index in [1.54, 1.807) is 0 Å². The highest BCUT2D eigenvalue weighted by atomic mass is 16.7. The molecule has 8 atom stereocenters. The van der Waals surface area contributed by atoms with Crippen molar-refractivity contribution in [3.8, 4) is 0 Å². The van der Waals surface area contributed by atoms with Crippen molar-refractivity contribution in [3.63, 3.8) is 0 Å². The Hall–Kier alpha value is -0.720. The Bertz CT molecular complexity index is 636. The fraction of sp³-hybridized carbons (Fsp3) is 0.800. The van der Waals surface area contributed by atoms with E-state index in [4.69, 9.17) is 18.9 Å². The SMILES string of the molecule is C=C1C[C@H]2O[C@H]2[C@@](C)(O)CC[C@@H]2C3=C[C@H]([C@H]4OC4(C)C)O[C@@H]3OC[C@@H]12. The van der Waals surface area contributed by atoms with E-state index >= 15 is 0 Å². The molecule has 5 heteroatoms. The molecule has 4 aliphatic heterocycles. The molecule has 1 N–H and O–H groups in total. The van der Waals surface area contributed by atoms with Gasteiger partial charge < -0.3 is 24.1 Å². The second-order valence-corrected chi connectivity index (χ2v) is 9.14. The predicted octanol–water partition coefficient (Wildman–Crippen LogP) is 2.34. The highest BCUT2D eigenvalue weighted by Crippen LogP contribution is 2.50. The molecule has 5 nitrogen and oxygen atoms in total. The smallest absolute Gasteiger partial charge is 0.181 e. The van der Waals surface area contributed by atoms with Crippen LogP contribution in [0.25, 0.3) is 0 Å². The van der Waals surface area contributed by atoms with Crippen molar-refractivity contribution in [1.29, 1.82) is 0 Å². The Morgan fingerprint density at radius 2 is 1.92 bits per heavy atom. The van der Waals surface area contributed by atoms with Crippen molar-refractivity contribution in [2.24, 2.45) is 11.8 Å². The lowest BCUT2D eigenvalue weighted by atomic mass is 9.76. The van der Waals surface area contributed by atoms with E-state index in [1.807, 2.05) is 6.92 Å². The minimum Gasteiger partial charge on any atom is -0.387 e. The molecule has 4 heterocycles. The van der Waals surface area contributed by atoms with Crippen LogP contribution < -0.4 is 0 Å². The summed E-state index contributed by atoms with van der Waals surface area (Å²) in [6, 6.07) is 0. The fourth-order valence-corrected chi connectivity index (χ4v) is 5.03. The third-order valence-corrected chi connectivity index (χ3v) is 6.75. The molecule has 0 bridgehead atoms. The van der Waals surface area contributed by atoms with Gasteiger partial charge in [0.1, 0.15) is 18.3 Å². The van der Waals surface area contributed by atoms with Gasteiger partial charge in [-0.15, -0.1) is 0 Å². The zero-order valence-corrected chi connectivity index (χ0v) is 15.2. The second-order valence-electron chi connectivity index (χ2n) is 9.14. The Balaban J connectivity index is 1.42. The molecular weight excluding hydrogens is 320 g/mol. The summed E-state index contributed by atoms with van der Waals surface area (Å²) in [5.74, 6) is 0.596. The number of hydrogen-bond donors (Lipinski definition) is 1. The zero-order chi connectivity index (χ0) is 17.6. The van der Waals surface area contributed by atoms with Gasteiger partial charge in [0.05, 0.1) is 23.9 Å². The molecule has 138 valence electrons. The number of hydrogen-bond acceptors (Lipinski definition) is 5. The van der Waals surface area contributed by atoms with E-state index in [9.17, 15) is 5.11 Å². The molecule has 0 aromatic heterocycles. The van der Waals surface area contributed by atoms with Gasteiger partial charge in [-0.25, -0.2) is 0 Å². The minimum absolute atomic E-state index is 0.0353. The molecule has 1 saturated carbocycles. The van der Waals surface area contributed by atoms with E-state index < -0.39 is 5.60 Å². The average Bonchev–Trinajstić information content (AvgIpc) is 3.38. The molecule has 0 aromatic rings. The summed E-state index contributed by atoms with van der Waals surface area (Å²) in [7, 11) is 0. The van der Waals surface area contributed by atoms with E-state index in [1.165, 1.54) is 11.1 Å². The predicted molar refractivity (Wildman–Crippen MR) is 90.9 cm³/mol. The number of ether oxygens (including phenoxy) is 4. The monoisotopic (exact) mass is 348 g/mol. The minimum atomic E-state index is -0.769. The van der Waals surface area contributed by atoms with Crippen LogP contribution in [0.3, 0.4) is 0 Å². The third kappa shape index (κ3) is 2.63. The third-order valence-electron chi connectivity index (χ3n) is 6.75. The van der Waals surface area contributed by atoms with Crippen molar-refractivity contribution in [2.45, 2.75) is 81.9 Å². The maximum absolute atomic E-state index is 10.8. The first-order chi connectivity index (χ1) is 11.8. The van der Waals surface area contributed by atoms with Crippen molar-refractivity contribution >= 4 is 0 Å². The van der Waals surface area contributed by atoms with Crippen LogP contribution in [0.15, 0.2) is 23.8 Å². The van der Waals surface area contributed by atoms with Gasteiger partial charge >= 0.3 is 0 Å². The normalized spacial score (nSPS) is 53.5. The standard InChI is InChI=1S/C20H28O5/c1-10-7-14-17(23-14)20(4,21)6-5-11-12-8-15(16-19(2,3)25-16)24-18(12)22-9-13(10)11/h8,11,13-18,21H,1,5-7,9H2,2-4H3/t11-,13+,14-,15-,16-,17-,18+,20+/m1/s1. The Morgan fingerprint density at radius 1 is 1.16 bits per heavy atom. The van der Waals surface area contributed by atoms with Crippen LogP contribution in [0.2, 0.25) is 0 Å². The Labute approximate surface area is 149 Å². The largest absolute Gasteiger partial charge is 0.387 e. The molecule has 0 radical (unpaired) electrons. The molecular formula is C20H28O5. The Kier molecular flexibility index (Phi) is 3.40. The molecule has 5 aliphatic rings. The quantitative estimate of drug-likeness (QED) is 0.582. The summed E-state index contributed by atoms with van der Waals surface area (Å²) in [5.41, 5.74) is 1.52. The Morgan fingerprint density at radius 3 is 2.64 bits per heavy atom. The van der Waals surface area contributed by atoms with Gasteiger partial charge in [-0.3, -0.25) is 0 Å². The fourth-order valence-electron chi connectivity index (χ4n) is 5.03. The summed E-state index contributed by atoms with van der Waals surface area (Å²) in [6.45, 7) is 11.1. The van der Waals surface area contributed by atoms with Gasteiger partial charge in [0, 0.05) is 5.92 Å². The summed E-state index contributed by atoms with van der Waals surface area (Å²) in [5, 5.41) is 10.8. The van der Waals surface area contributed by atoms with Gasteiger partial charge in [0.2, 0.25) is 0 Å². The summed E-state index contributed by atoms with van der Waals surface area (Å²) >= 11 is 0. The lowest BCUT2D eigenvalue weighted by Crippen LogP contribution is -2.38. The van der Waals surface area contributed by atoms with Gasteiger partial charge in [-0.05, 0) is 57.6 Å². The van der Waals surface area contributed by atoms with Crippen LogP contribution in [-0.4, -0.2) is 53.6 Å². The lowest BCUT2D eigenvalue weighted by molar-refractivity contribution is -0.155. The van der Waals surface area contributed by atoms with E-state index in [2.05, 4.69) is 26.5 Å². The molecule has 1 aliphatic carbocycles. The lowest BCUT2D eigenvalue weighted by Gasteiger charge is -2.38. The van der Waals surface area contributed by atoms with Gasteiger partial charge in [-0.1, -0.05) is 12.2 Å². The molecule has 0 unspecified atom stereocenters. The maximum atomic E-state index is 10.8. The van der Waals surface area contributed by atoms with Gasteiger partial charge in [-0.2, -0.15) is 0 Å². The van der Waals surface area contributed by atoms with E-state index in [0.717, 1.165) is 19.3 Å². The number of epoxide rings is 2. The zero-order valence-electron chi connectivity index (χ0n) is 15.2. The highest BCUT2D eigenvalue weighted by molar-refractivity contribution is 5.28. The second kappa shape index (κ2) is 5.17. The highest BCUT2D eigenvalue weighted by Gasteiger charge is 2.57. The van der Waals surface area contributed by atoms with Crippen LogP contribution in [0, 0.1) is 11.8 Å². The topological polar surface area (TPSA) is 63.8 Å². The van der Waals surface area contributed by atoms with Crippen LogP contribution in [-0.2, 0) is 18.9 Å². The van der Waals surface area contributed by atoms with Crippen molar-refractivity contribution in [3.05, 3.63) is 23.8 Å². The van der Waals surface area contributed by atoms with Gasteiger partial charge in [0.15, 0.2) is 6.29 Å². The van der Waals surface area contributed by atoms with Crippen molar-refractivity contribution in [1.82, 2.24) is 0 Å². The molecule has 0 spiro atoms. The van der Waals surface area contributed by atoms with Crippen LogP contribution >= 0.6 is 0 Å². The van der Waals surface area contributed by atoms with Crippen molar-refractivity contribution in [2.75, 3.05) is 6.61 Å². The molecule has 25 heavy (non-hydrogen) atoms. The first-order valence-electron chi connectivity index (χ1n) is 9.48. The summed E-state index contributed by atoms with van der Waals surface area (Å²) in [4.78, 5) is 0. The number of rotatable bonds is 1. The average molecular weight is 348 g/mol. The molecule has 4 fully saturated rings. The van der Waals surface area contributed by atoms with Crippen molar-refractivity contribution < 1.29 is 24.1 Å². The van der Waals surface area contributed by atoms with Crippen LogP contribution in [0.1, 0.15) is 40.0 Å².